The first-order chi connectivity index (χ1) is 11.9. The van der Waals surface area contributed by atoms with Gasteiger partial charge in [0.1, 0.15) is 17.5 Å². The quantitative estimate of drug-likeness (QED) is 0.646. The van der Waals surface area contributed by atoms with Gasteiger partial charge in [-0.2, -0.15) is 0 Å². The largest absolute Gasteiger partial charge is 0.497 e. The van der Waals surface area contributed by atoms with E-state index in [9.17, 15) is 9.59 Å². The number of benzene rings is 1. The Kier molecular flexibility index (Phi) is 6.64. The molecule has 2 amide bonds. The summed E-state index contributed by atoms with van der Waals surface area (Å²) in [6, 6.07) is 4.33. The van der Waals surface area contributed by atoms with Gasteiger partial charge in [0.05, 0.1) is 14.2 Å². The molecule has 0 aliphatic carbocycles. The molecule has 0 aromatic heterocycles. The number of amides is 2. The monoisotopic (exact) mass is 349 g/mol. The van der Waals surface area contributed by atoms with Crippen molar-refractivity contribution in [3.63, 3.8) is 0 Å². The van der Waals surface area contributed by atoms with Gasteiger partial charge in [-0.05, 0) is 18.1 Å². The van der Waals surface area contributed by atoms with E-state index in [-0.39, 0.29) is 17.7 Å². The van der Waals surface area contributed by atoms with Crippen LogP contribution in [-0.4, -0.2) is 51.7 Å². The number of methoxy groups -OCH3 is 2. The summed E-state index contributed by atoms with van der Waals surface area (Å²) in [5.74, 6) is 0.979. The highest BCUT2D eigenvalue weighted by atomic mass is 16.5. The van der Waals surface area contributed by atoms with Crippen LogP contribution in [0.1, 0.15) is 24.2 Å². The van der Waals surface area contributed by atoms with Crippen molar-refractivity contribution >= 4 is 11.8 Å². The molecule has 25 heavy (non-hydrogen) atoms. The maximum atomic E-state index is 12.6. The van der Waals surface area contributed by atoms with Crippen LogP contribution in [0.5, 0.6) is 11.5 Å². The van der Waals surface area contributed by atoms with Crippen LogP contribution in [0.2, 0.25) is 0 Å². The summed E-state index contributed by atoms with van der Waals surface area (Å²) in [5, 5.41) is 8.91. The lowest BCUT2D eigenvalue weighted by molar-refractivity contribution is -0.124. The molecule has 1 aromatic carbocycles. The van der Waals surface area contributed by atoms with Gasteiger partial charge >= 0.3 is 0 Å². The molecule has 138 valence electrons. The van der Waals surface area contributed by atoms with Crippen molar-refractivity contribution in [1.29, 1.82) is 0 Å². The van der Waals surface area contributed by atoms with Crippen LogP contribution in [-0.2, 0) is 4.79 Å². The van der Waals surface area contributed by atoms with E-state index in [2.05, 4.69) is 16.0 Å². The maximum Gasteiger partial charge on any atom is 0.252 e. The average Bonchev–Trinajstić information content (AvgIpc) is 2.56. The van der Waals surface area contributed by atoms with E-state index in [1.54, 1.807) is 18.2 Å². The Hall–Kier alpha value is -2.28. The lowest BCUT2D eigenvalue weighted by Gasteiger charge is -2.29. The molecule has 7 nitrogen and oxygen atoms in total. The Balaban J connectivity index is 2.04. The zero-order valence-corrected chi connectivity index (χ0v) is 15.2. The predicted molar refractivity (Wildman–Crippen MR) is 95.0 cm³/mol. The summed E-state index contributed by atoms with van der Waals surface area (Å²) in [7, 11) is 3.05. The molecule has 0 bridgehead atoms. The van der Waals surface area contributed by atoms with Crippen LogP contribution in [0.3, 0.4) is 0 Å². The fraction of sp³-hybridized carbons (Fsp3) is 0.556. The summed E-state index contributed by atoms with van der Waals surface area (Å²) in [5.41, 5.74) is 0.387. The van der Waals surface area contributed by atoms with Gasteiger partial charge in [0.2, 0.25) is 5.91 Å². The molecule has 1 unspecified atom stereocenters. The molecule has 0 saturated carbocycles. The smallest absolute Gasteiger partial charge is 0.252 e. The molecule has 1 heterocycles. The Morgan fingerprint density at radius 1 is 1.16 bits per heavy atom. The van der Waals surface area contributed by atoms with E-state index in [4.69, 9.17) is 9.47 Å². The minimum Gasteiger partial charge on any atom is -0.497 e. The van der Waals surface area contributed by atoms with Crippen LogP contribution < -0.4 is 25.4 Å². The Labute approximate surface area is 148 Å². The highest BCUT2D eigenvalue weighted by molar-refractivity contribution is 5.98. The van der Waals surface area contributed by atoms with Crippen LogP contribution in [0, 0.1) is 11.8 Å². The van der Waals surface area contributed by atoms with Crippen molar-refractivity contribution in [3.8, 4) is 11.5 Å². The van der Waals surface area contributed by atoms with Gasteiger partial charge in [0.15, 0.2) is 0 Å². The van der Waals surface area contributed by atoms with Crippen LogP contribution in [0.4, 0.5) is 0 Å². The standard InChI is InChI=1S/C18H27N3O4/c1-11(2)16(18(23)20-10-12-8-19-9-12)21-17(22)13-5-14(24-3)7-15(6-13)25-4/h5-7,11-12,16,19H,8-10H2,1-4H3,(H,20,23)(H,21,22). The third kappa shape index (κ3) is 5.09. The first-order valence-corrected chi connectivity index (χ1v) is 8.47. The molecule has 0 spiro atoms. The molecule has 1 aromatic rings. The topological polar surface area (TPSA) is 88.7 Å². The molecule has 2 rings (SSSR count). The van der Waals surface area contributed by atoms with Crippen molar-refractivity contribution < 1.29 is 19.1 Å². The predicted octanol–water partition coefficient (Wildman–Crippen LogP) is 0.794. The second-order valence-corrected chi connectivity index (χ2v) is 6.57. The number of hydrogen-bond acceptors (Lipinski definition) is 5. The number of carbonyl (C=O) groups excluding carboxylic acids is 2. The molecular formula is C18H27N3O4. The van der Waals surface area contributed by atoms with Gasteiger partial charge in [0, 0.05) is 37.2 Å². The van der Waals surface area contributed by atoms with Gasteiger partial charge in [-0.3, -0.25) is 9.59 Å². The SMILES string of the molecule is COc1cc(OC)cc(C(=O)NC(C(=O)NCC2CNC2)C(C)C)c1. The molecule has 0 radical (unpaired) electrons. The molecule has 1 aliphatic rings. The van der Waals surface area contributed by atoms with Crippen LogP contribution in [0.25, 0.3) is 0 Å². The van der Waals surface area contributed by atoms with Gasteiger partial charge < -0.3 is 25.4 Å². The van der Waals surface area contributed by atoms with E-state index in [0.29, 0.717) is 29.5 Å². The third-order valence-corrected chi connectivity index (χ3v) is 4.28. The fourth-order valence-electron chi connectivity index (χ4n) is 2.55. The second-order valence-electron chi connectivity index (χ2n) is 6.57. The summed E-state index contributed by atoms with van der Waals surface area (Å²) in [6.07, 6.45) is 0. The van der Waals surface area contributed by atoms with Crippen LogP contribution in [0.15, 0.2) is 18.2 Å². The normalized spacial score (nSPS) is 15.2. The van der Waals surface area contributed by atoms with Crippen molar-refractivity contribution in [2.75, 3.05) is 33.9 Å². The molecule has 7 heteroatoms. The van der Waals surface area contributed by atoms with Gasteiger partial charge in [-0.15, -0.1) is 0 Å². The van der Waals surface area contributed by atoms with Crippen molar-refractivity contribution in [2.45, 2.75) is 19.9 Å². The summed E-state index contributed by atoms with van der Waals surface area (Å²) in [6.45, 7) is 6.27. The highest BCUT2D eigenvalue weighted by Crippen LogP contribution is 2.22. The Morgan fingerprint density at radius 3 is 2.20 bits per heavy atom. The Morgan fingerprint density at radius 2 is 1.76 bits per heavy atom. The van der Waals surface area contributed by atoms with Crippen molar-refractivity contribution in [2.24, 2.45) is 11.8 Å². The first kappa shape index (κ1) is 19.1. The number of nitrogens with one attached hydrogen (secondary N) is 3. The van der Waals surface area contributed by atoms with Crippen molar-refractivity contribution in [1.82, 2.24) is 16.0 Å². The van der Waals surface area contributed by atoms with Gasteiger partial charge in [0.25, 0.3) is 5.91 Å². The Bertz CT molecular complexity index is 592. The number of ether oxygens (including phenoxy) is 2. The molecule has 1 atom stereocenters. The summed E-state index contributed by atoms with van der Waals surface area (Å²) < 4.78 is 10.4. The second kappa shape index (κ2) is 8.71. The average molecular weight is 349 g/mol. The lowest BCUT2D eigenvalue weighted by Crippen LogP contribution is -2.53. The molecule has 1 aliphatic heterocycles. The minimum absolute atomic E-state index is 0.0315. The zero-order valence-electron chi connectivity index (χ0n) is 15.2. The van der Waals surface area contributed by atoms with E-state index >= 15 is 0 Å². The summed E-state index contributed by atoms with van der Waals surface area (Å²) in [4.78, 5) is 25.0. The van der Waals surface area contributed by atoms with Crippen molar-refractivity contribution in [3.05, 3.63) is 23.8 Å². The maximum absolute atomic E-state index is 12.6. The van der Waals surface area contributed by atoms with E-state index in [1.807, 2.05) is 13.8 Å². The molecular weight excluding hydrogens is 322 g/mol. The first-order valence-electron chi connectivity index (χ1n) is 8.47. The molecule has 1 fully saturated rings. The van der Waals surface area contributed by atoms with E-state index < -0.39 is 6.04 Å². The molecule has 1 saturated heterocycles. The zero-order chi connectivity index (χ0) is 18.4. The highest BCUT2D eigenvalue weighted by Gasteiger charge is 2.26. The van der Waals surface area contributed by atoms with E-state index in [1.165, 1.54) is 14.2 Å². The number of rotatable bonds is 8. The molecule has 3 N–H and O–H groups in total. The van der Waals surface area contributed by atoms with Gasteiger partial charge in [-0.25, -0.2) is 0 Å². The fourth-order valence-corrected chi connectivity index (χ4v) is 2.55. The number of hydrogen-bond donors (Lipinski definition) is 3. The van der Waals surface area contributed by atoms with Crippen LogP contribution >= 0.6 is 0 Å². The summed E-state index contributed by atoms with van der Waals surface area (Å²) >= 11 is 0. The van der Waals surface area contributed by atoms with E-state index in [0.717, 1.165) is 13.1 Å². The third-order valence-electron chi connectivity index (χ3n) is 4.28. The minimum atomic E-state index is -0.599. The number of carbonyl (C=O) groups is 2. The lowest BCUT2D eigenvalue weighted by atomic mass is 10.0. The van der Waals surface area contributed by atoms with Gasteiger partial charge in [-0.1, -0.05) is 13.8 Å².